The number of carbonyl (C=O) groups is 1. The van der Waals surface area contributed by atoms with E-state index in [1.165, 1.54) is 24.9 Å². The van der Waals surface area contributed by atoms with Crippen molar-refractivity contribution in [3.05, 3.63) is 64.6 Å². The fraction of sp³-hybridized carbons (Fsp3) is 0.391. The molecule has 2 aromatic heterocycles. The number of fused-ring (bicyclic) bond motifs is 1. The van der Waals surface area contributed by atoms with Crippen molar-refractivity contribution in [1.82, 2.24) is 14.7 Å². The van der Waals surface area contributed by atoms with E-state index in [-0.39, 0.29) is 5.91 Å². The van der Waals surface area contributed by atoms with Crippen molar-refractivity contribution in [2.24, 2.45) is 0 Å². The van der Waals surface area contributed by atoms with Gasteiger partial charge in [-0.05, 0) is 62.4 Å². The van der Waals surface area contributed by atoms with Crippen LogP contribution in [0.25, 0.3) is 5.65 Å². The lowest BCUT2D eigenvalue weighted by Crippen LogP contribution is -2.37. The maximum atomic E-state index is 12.9. The highest BCUT2D eigenvalue weighted by molar-refractivity contribution is 6.30. The molecule has 1 aliphatic rings. The summed E-state index contributed by atoms with van der Waals surface area (Å²) in [5.41, 5.74) is 4.41. The predicted molar refractivity (Wildman–Crippen MR) is 118 cm³/mol. The first-order valence-corrected chi connectivity index (χ1v) is 10.7. The van der Waals surface area contributed by atoms with Gasteiger partial charge < -0.3 is 10.2 Å². The van der Waals surface area contributed by atoms with Gasteiger partial charge in [-0.25, -0.2) is 4.98 Å². The highest BCUT2D eigenvalue weighted by atomic mass is 35.5. The molecule has 5 nitrogen and oxygen atoms in total. The molecule has 0 radical (unpaired) electrons. The van der Waals surface area contributed by atoms with Crippen LogP contribution in [-0.2, 0) is 13.0 Å². The number of hydrogen-bond donors (Lipinski definition) is 1. The number of benzene rings is 1. The van der Waals surface area contributed by atoms with Gasteiger partial charge in [0.05, 0.1) is 10.7 Å². The minimum atomic E-state index is -0.134. The van der Waals surface area contributed by atoms with Gasteiger partial charge in [-0.3, -0.25) is 9.20 Å². The minimum absolute atomic E-state index is 0.134. The third-order valence-corrected chi connectivity index (χ3v) is 5.95. The number of carbonyl (C=O) groups excluding carboxylic acids is 1. The number of piperidine rings is 1. The van der Waals surface area contributed by atoms with E-state index in [0.29, 0.717) is 29.7 Å². The number of nitrogens with zero attached hydrogens (tertiary/aromatic N) is 3. The molecular formula is C23H27ClN4O. The first-order chi connectivity index (χ1) is 14.1. The first kappa shape index (κ1) is 19.8. The van der Waals surface area contributed by atoms with Crippen molar-refractivity contribution in [3.63, 3.8) is 0 Å². The fourth-order valence-corrected chi connectivity index (χ4v) is 4.27. The molecule has 1 aliphatic heterocycles. The first-order valence-electron chi connectivity index (χ1n) is 10.4. The summed E-state index contributed by atoms with van der Waals surface area (Å²) in [4.78, 5) is 19.9. The Morgan fingerprint density at radius 2 is 2.00 bits per heavy atom. The quantitative estimate of drug-likeness (QED) is 0.653. The van der Waals surface area contributed by atoms with Crippen molar-refractivity contribution in [2.45, 2.75) is 52.1 Å². The number of pyridine rings is 1. The maximum absolute atomic E-state index is 12.9. The third kappa shape index (κ3) is 4.10. The molecule has 152 valence electrons. The van der Waals surface area contributed by atoms with Crippen LogP contribution in [-0.4, -0.2) is 27.9 Å². The highest BCUT2D eigenvalue weighted by Crippen LogP contribution is 2.25. The summed E-state index contributed by atoms with van der Waals surface area (Å²) in [6.07, 6.45) is 6.25. The van der Waals surface area contributed by atoms with Gasteiger partial charge in [0, 0.05) is 31.0 Å². The molecule has 0 bridgehead atoms. The molecule has 1 saturated heterocycles. The molecule has 0 aliphatic carbocycles. The molecule has 1 amide bonds. The van der Waals surface area contributed by atoms with Gasteiger partial charge >= 0.3 is 0 Å². The smallest absolute Gasteiger partial charge is 0.270 e. The van der Waals surface area contributed by atoms with E-state index < -0.39 is 0 Å². The molecule has 0 spiro atoms. The number of anilines is 1. The molecule has 1 fully saturated rings. The Labute approximate surface area is 176 Å². The molecule has 1 atom stereocenters. The number of aryl methyl sites for hydroxylation is 1. The lowest BCUT2D eigenvalue weighted by molar-refractivity contribution is 0.0944. The highest BCUT2D eigenvalue weighted by Gasteiger charge is 2.19. The SMILES string of the molecule is CCc1nc2ccc(Cl)cn2c1C(=O)NCc1ccc(N2CCCCC2C)cc1. The average Bonchev–Trinajstić information content (AvgIpc) is 3.10. The van der Waals surface area contributed by atoms with E-state index in [0.717, 1.165) is 23.4 Å². The number of halogens is 1. The van der Waals surface area contributed by atoms with E-state index in [1.807, 2.05) is 13.0 Å². The second-order valence-electron chi connectivity index (χ2n) is 7.72. The van der Waals surface area contributed by atoms with Crippen molar-refractivity contribution in [1.29, 1.82) is 0 Å². The largest absolute Gasteiger partial charge is 0.369 e. The number of imidazole rings is 1. The Balaban J connectivity index is 1.47. The summed E-state index contributed by atoms with van der Waals surface area (Å²) in [6, 6.07) is 12.7. The Kier molecular flexibility index (Phi) is 5.76. The number of hydrogen-bond acceptors (Lipinski definition) is 3. The molecule has 29 heavy (non-hydrogen) atoms. The van der Waals surface area contributed by atoms with Crippen LogP contribution in [0.15, 0.2) is 42.6 Å². The zero-order valence-electron chi connectivity index (χ0n) is 17.0. The molecule has 1 N–H and O–H groups in total. The van der Waals surface area contributed by atoms with E-state index in [4.69, 9.17) is 11.6 Å². The van der Waals surface area contributed by atoms with Crippen LogP contribution in [0.5, 0.6) is 0 Å². The van der Waals surface area contributed by atoms with Gasteiger partial charge in [0.25, 0.3) is 5.91 Å². The Morgan fingerprint density at radius 3 is 2.72 bits per heavy atom. The van der Waals surface area contributed by atoms with Crippen LogP contribution in [0.1, 0.15) is 54.9 Å². The molecule has 4 rings (SSSR count). The number of amides is 1. The lowest BCUT2D eigenvalue weighted by atomic mass is 10.0. The molecule has 6 heteroatoms. The second kappa shape index (κ2) is 8.46. The van der Waals surface area contributed by atoms with Crippen molar-refractivity contribution in [3.8, 4) is 0 Å². The summed E-state index contributed by atoms with van der Waals surface area (Å²) in [6.45, 7) is 5.89. The zero-order chi connectivity index (χ0) is 20.4. The molecule has 1 aromatic carbocycles. The zero-order valence-corrected chi connectivity index (χ0v) is 17.7. The van der Waals surface area contributed by atoms with Gasteiger partial charge in [0.15, 0.2) is 0 Å². The summed E-state index contributed by atoms with van der Waals surface area (Å²) in [5, 5.41) is 3.62. The topological polar surface area (TPSA) is 49.6 Å². The van der Waals surface area contributed by atoms with Crippen LogP contribution in [0, 0.1) is 0 Å². The van der Waals surface area contributed by atoms with Gasteiger partial charge in [-0.2, -0.15) is 0 Å². The molecule has 3 heterocycles. The fourth-order valence-electron chi connectivity index (χ4n) is 4.11. The Bertz CT molecular complexity index is 1010. The minimum Gasteiger partial charge on any atom is -0.369 e. The summed E-state index contributed by atoms with van der Waals surface area (Å²) in [5.74, 6) is -0.134. The Hall–Kier alpha value is -2.53. The van der Waals surface area contributed by atoms with Crippen LogP contribution >= 0.6 is 11.6 Å². The van der Waals surface area contributed by atoms with E-state index >= 15 is 0 Å². The molecule has 1 unspecified atom stereocenters. The van der Waals surface area contributed by atoms with E-state index in [1.54, 1.807) is 16.7 Å². The monoisotopic (exact) mass is 410 g/mol. The van der Waals surface area contributed by atoms with Crippen molar-refractivity contribution < 1.29 is 4.79 Å². The van der Waals surface area contributed by atoms with Crippen molar-refractivity contribution in [2.75, 3.05) is 11.4 Å². The molecule has 0 saturated carbocycles. The van der Waals surface area contributed by atoms with Crippen LogP contribution in [0.2, 0.25) is 5.02 Å². The van der Waals surface area contributed by atoms with Crippen molar-refractivity contribution >= 4 is 28.8 Å². The lowest BCUT2D eigenvalue weighted by Gasteiger charge is -2.35. The number of rotatable bonds is 5. The van der Waals surface area contributed by atoms with E-state index in [9.17, 15) is 4.79 Å². The van der Waals surface area contributed by atoms with Gasteiger partial charge in [0.2, 0.25) is 0 Å². The third-order valence-electron chi connectivity index (χ3n) is 5.73. The number of aromatic nitrogens is 2. The van der Waals surface area contributed by atoms with E-state index in [2.05, 4.69) is 46.4 Å². The summed E-state index contributed by atoms with van der Waals surface area (Å²) in [7, 11) is 0. The van der Waals surface area contributed by atoms with Crippen LogP contribution in [0.3, 0.4) is 0 Å². The predicted octanol–water partition coefficient (Wildman–Crippen LogP) is 4.86. The maximum Gasteiger partial charge on any atom is 0.270 e. The van der Waals surface area contributed by atoms with Crippen LogP contribution in [0.4, 0.5) is 5.69 Å². The summed E-state index contributed by atoms with van der Waals surface area (Å²) < 4.78 is 1.78. The van der Waals surface area contributed by atoms with Gasteiger partial charge in [-0.1, -0.05) is 30.7 Å². The molecular weight excluding hydrogens is 384 g/mol. The standard InChI is InChI=1S/C23H27ClN4O/c1-3-20-22(28-15-18(24)9-12-21(28)26-20)23(29)25-14-17-7-10-19(11-8-17)27-13-5-4-6-16(27)2/h7-12,15-16H,3-6,13-14H2,1-2H3,(H,25,29). The summed E-state index contributed by atoms with van der Waals surface area (Å²) >= 11 is 6.13. The van der Waals surface area contributed by atoms with Gasteiger partial charge in [0.1, 0.15) is 11.3 Å². The Morgan fingerprint density at radius 1 is 1.21 bits per heavy atom. The molecule has 3 aromatic rings. The second-order valence-corrected chi connectivity index (χ2v) is 8.16. The van der Waals surface area contributed by atoms with Crippen LogP contribution < -0.4 is 10.2 Å². The number of nitrogens with one attached hydrogen (secondary N) is 1. The average molecular weight is 411 g/mol. The normalized spacial score (nSPS) is 16.9. The van der Waals surface area contributed by atoms with Gasteiger partial charge in [-0.15, -0.1) is 0 Å².